The van der Waals surface area contributed by atoms with Crippen LogP contribution in [0.1, 0.15) is 6.92 Å². The minimum absolute atomic E-state index is 0.253. The van der Waals surface area contributed by atoms with Gasteiger partial charge in [0.05, 0.1) is 25.5 Å². The highest BCUT2D eigenvalue weighted by atomic mass is 32.2. The van der Waals surface area contributed by atoms with E-state index in [0.29, 0.717) is 22.3 Å². The number of nitrogens with zero attached hydrogens (tertiary/aromatic N) is 5. The second-order valence-electron chi connectivity index (χ2n) is 3.80. The molecule has 0 aliphatic rings. The summed E-state index contributed by atoms with van der Waals surface area (Å²) < 4.78 is 12.0. The topological polar surface area (TPSA) is 85.8 Å². The molecule has 1 aromatic carbocycles. The van der Waals surface area contributed by atoms with Crippen molar-refractivity contribution in [1.82, 2.24) is 20.2 Å². The lowest BCUT2D eigenvalue weighted by Crippen LogP contribution is -2.04. The van der Waals surface area contributed by atoms with Gasteiger partial charge in [-0.1, -0.05) is 11.8 Å². The summed E-state index contributed by atoms with van der Waals surface area (Å²) in [7, 11) is 3.15. The minimum Gasteiger partial charge on any atom is -0.497 e. The Morgan fingerprint density at radius 1 is 1.35 bits per heavy atom. The maximum atomic E-state index is 8.88. The van der Waals surface area contributed by atoms with Gasteiger partial charge in [0, 0.05) is 6.07 Å². The van der Waals surface area contributed by atoms with Crippen molar-refractivity contribution < 1.29 is 9.47 Å². The van der Waals surface area contributed by atoms with Crippen molar-refractivity contribution in [3.8, 4) is 23.3 Å². The molecule has 0 spiro atoms. The van der Waals surface area contributed by atoms with Gasteiger partial charge in [0.25, 0.3) is 0 Å². The normalized spacial score (nSPS) is 11.7. The summed E-state index contributed by atoms with van der Waals surface area (Å²) in [5.41, 5.74) is 0.657. The zero-order chi connectivity index (χ0) is 14.5. The lowest BCUT2D eigenvalue weighted by Gasteiger charge is -2.11. The zero-order valence-electron chi connectivity index (χ0n) is 11.3. The van der Waals surface area contributed by atoms with E-state index < -0.39 is 0 Å². The molecule has 0 bridgehead atoms. The Morgan fingerprint density at radius 3 is 2.80 bits per heavy atom. The first-order chi connectivity index (χ1) is 9.69. The van der Waals surface area contributed by atoms with Gasteiger partial charge in [-0.15, -0.1) is 5.10 Å². The SMILES string of the molecule is COc1ccc(OC)c(-n2nnnc2S[C@@H](C)C#N)c1. The Hall–Kier alpha value is -2.27. The molecule has 7 nitrogen and oxygen atoms in total. The number of rotatable bonds is 5. The number of ether oxygens (including phenoxy) is 2. The van der Waals surface area contributed by atoms with Crippen LogP contribution in [0.2, 0.25) is 0 Å². The zero-order valence-corrected chi connectivity index (χ0v) is 12.1. The average molecular weight is 291 g/mol. The van der Waals surface area contributed by atoms with Crippen molar-refractivity contribution in [2.75, 3.05) is 14.2 Å². The summed E-state index contributed by atoms with van der Waals surface area (Å²) >= 11 is 1.27. The molecule has 0 aliphatic heterocycles. The molecule has 2 rings (SSSR count). The van der Waals surface area contributed by atoms with Crippen LogP contribution in [0.15, 0.2) is 23.4 Å². The molecular formula is C12H13N5O2S. The number of hydrogen-bond acceptors (Lipinski definition) is 7. The molecule has 0 saturated heterocycles. The van der Waals surface area contributed by atoms with Gasteiger partial charge in [0.15, 0.2) is 0 Å². The van der Waals surface area contributed by atoms with Crippen molar-refractivity contribution in [1.29, 1.82) is 5.26 Å². The lowest BCUT2D eigenvalue weighted by atomic mass is 10.3. The van der Waals surface area contributed by atoms with E-state index in [1.165, 1.54) is 16.4 Å². The molecule has 1 atom stereocenters. The van der Waals surface area contributed by atoms with Crippen LogP contribution in [0.25, 0.3) is 5.69 Å². The fourth-order valence-electron chi connectivity index (χ4n) is 1.55. The second kappa shape index (κ2) is 6.25. The first kappa shape index (κ1) is 14.1. The van der Waals surface area contributed by atoms with Crippen LogP contribution in [-0.4, -0.2) is 39.7 Å². The molecule has 0 fully saturated rings. The predicted octanol–water partition coefficient (Wildman–Crippen LogP) is 1.68. The van der Waals surface area contributed by atoms with Gasteiger partial charge in [-0.05, 0) is 29.5 Å². The minimum atomic E-state index is -0.253. The van der Waals surface area contributed by atoms with E-state index in [0.717, 1.165) is 0 Å². The average Bonchev–Trinajstić information content (AvgIpc) is 2.94. The summed E-state index contributed by atoms with van der Waals surface area (Å²) in [6, 6.07) is 7.47. The Kier molecular flexibility index (Phi) is 4.42. The molecular weight excluding hydrogens is 278 g/mol. The number of hydrogen-bond donors (Lipinski definition) is 0. The molecule has 0 radical (unpaired) electrons. The first-order valence-corrected chi connectivity index (χ1v) is 6.64. The maximum absolute atomic E-state index is 8.88. The lowest BCUT2D eigenvalue weighted by molar-refractivity contribution is 0.399. The third-order valence-corrected chi connectivity index (χ3v) is 3.44. The molecule has 0 aliphatic carbocycles. The van der Waals surface area contributed by atoms with Crippen LogP contribution in [-0.2, 0) is 0 Å². The second-order valence-corrected chi connectivity index (χ2v) is 5.11. The smallest absolute Gasteiger partial charge is 0.215 e. The standard InChI is InChI=1S/C12H13N5O2S/c1-8(7-13)20-12-14-15-16-17(12)10-6-9(18-2)4-5-11(10)19-3/h4-6,8H,1-3H3/t8-/m0/s1. The van der Waals surface area contributed by atoms with Gasteiger partial charge in [0.1, 0.15) is 17.2 Å². The Bertz CT molecular complexity index is 637. The van der Waals surface area contributed by atoms with Crippen molar-refractivity contribution in [2.45, 2.75) is 17.3 Å². The number of nitriles is 1. The fraction of sp³-hybridized carbons (Fsp3) is 0.333. The number of aromatic nitrogens is 4. The van der Waals surface area contributed by atoms with Crippen molar-refractivity contribution >= 4 is 11.8 Å². The highest BCUT2D eigenvalue weighted by Gasteiger charge is 2.16. The summed E-state index contributed by atoms with van der Waals surface area (Å²) in [5, 5.41) is 20.7. The first-order valence-electron chi connectivity index (χ1n) is 5.76. The molecule has 0 amide bonds. The summed E-state index contributed by atoms with van der Waals surface area (Å²) in [6.45, 7) is 1.78. The number of thioether (sulfide) groups is 1. The van der Waals surface area contributed by atoms with E-state index in [4.69, 9.17) is 14.7 Å². The maximum Gasteiger partial charge on any atom is 0.215 e. The Balaban J connectivity index is 2.46. The number of benzene rings is 1. The molecule has 2 aromatic rings. The van der Waals surface area contributed by atoms with Crippen molar-refractivity contribution in [3.05, 3.63) is 18.2 Å². The van der Waals surface area contributed by atoms with Crippen LogP contribution in [0.5, 0.6) is 11.5 Å². The van der Waals surface area contributed by atoms with Gasteiger partial charge in [-0.3, -0.25) is 0 Å². The van der Waals surface area contributed by atoms with Gasteiger partial charge in [-0.25, -0.2) is 0 Å². The summed E-state index contributed by atoms with van der Waals surface area (Å²) in [5.74, 6) is 1.28. The quantitative estimate of drug-likeness (QED) is 0.775. The molecule has 0 unspecified atom stereocenters. The fourth-order valence-corrected chi connectivity index (χ4v) is 2.24. The van der Waals surface area contributed by atoms with Gasteiger partial charge in [0.2, 0.25) is 5.16 Å². The Labute approximate surface area is 120 Å². The molecule has 8 heteroatoms. The molecule has 20 heavy (non-hydrogen) atoms. The third kappa shape index (κ3) is 2.83. The molecule has 104 valence electrons. The van der Waals surface area contributed by atoms with Gasteiger partial charge < -0.3 is 9.47 Å². The largest absolute Gasteiger partial charge is 0.497 e. The molecule has 1 heterocycles. The number of tetrazole rings is 1. The monoisotopic (exact) mass is 291 g/mol. The van der Waals surface area contributed by atoms with Gasteiger partial charge in [-0.2, -0.15) is 9.94 Å². The van der Waals surface area contributed by atoms with Crippen molar-refractivity contribution in [2.24, 2.45) is 0 Å². The molecule has 0 N–H and O–H groups in total. The van der Waals surface area contributed by atoms with Gasteiger partial charge >= 0.3 is 0 Å². The highest BCUT2D eigenvalue weighted by Crippen LogP contribution is 2.30. The van der Waals surface area contributed by atoms with E-state index in [2.05, 4.69) is 21.6 Å². The predicted molar refractivity (Wildman–Crippen MR) is 73.2 cm³/mol. The van der Waals surface area contributed by atoms with Crippen LogP contribution in [0.4, 0.5) is 0 Å². The third-order valence-electron chi connectivity index (χ3n) is 2.52. The number of methoxy groups -OCH3 is 2. The van der Waals surface area contributed by atoms with E-state index >= 15 is 0 Å². The molecule has 1 aromatic heterocycles. The van der Waals surface area contributed by atoms with Crippen LogP contribution in [0.3, 0.4) is 0 Å². The van der Waals surface area contributed by atoms with Crippen LogP contribution < -0.4 is 9.47 Å². The van der Waals surface area contributed by atoms with Crippen LogP contribution >= 0.6 is 11.8 Å². The van der Waals surface area contributed by atoms with Crippen LogP contribution in [0, 0.1) is 11.3 Å². The summed E-state index contributed by atoms with van der Waals surface area (Å²) in [4.78, 5) is 0. The van der Waals surface area contributed by atoms with E-state index in [-0.39, 0.29) is 5.25 Å². The summed E-state index contributed by atoms with van der Waals surface area (Å²) in [6.07, 6.45) is 0. The Morgan fingerprint density at radius 2 is 2.15 bits per heavy atom. The van der Waals surface area contributed by atoms with E-state index in [1.807, 2.05) is 0 Å². The van der Waals surface area contributed by atoms with E-state index in [1.54, 1.807) is 39.3 Å². The molecule has 0 saturated carbocycles. The highest BCUT2D eigenvalue weighted by molar-refractivity contribution is 8.00. The van der Waals surface area contributed by atoms with E-state index in [9.17, 15) is 0 Å². The van der Waals surface area contributed by atoms with Crippen molar-refractivity contribution in [3.63, 3.8) is 0 Å².